The molecule has 2 rings (SSSR count). The fraction of sp³-hybridized carbons (Fsp3) is 0.400. The van der Waals surface area contributed by atoms with E-state index in [0.717, 1.165) is 0 Å². The molecule has 0 radical (unpaired) electrons. The van der Waals surface area contributed by atoms with Gasteiger partial charge in [0.1, 0.15) is 0 Å². The standard InChI is InChI=1S/C10H11FN2O/c11-10-8(2-1-5-12-10)7-3-4-9(14)13-6-7/h1-2,5,7H,3-4,6H2,(H,13,14). The van der Waals surface area contributed by atoms with E-state index in [-0.39, 0.29) is 11.8 Å². The van der Waals surface area contributed by atoms with Crippen molar-refractivity contribution in [2.75, 3.05) is 6.54 Å². The molecule has 1 N–H and O–H groups in total. The fourth-order valence-corrected chi connectivity index (χ4v) is 1.70. The number of carbonyl (C=O) groups excluding carboxylic acids is 1. The second kappa shape index (κ2) is 3.74. The van der Waals surface area contributed by atoms with Crippen molar-refractivity contribution in [2.24, 2.45) is 0 Å². The average Bonchev–Trinajstić information content (AvgIpc) is 2.20. The van der Waals surface area contributed by atoms with Gasteiger partial charge in [0.05, 0.1) is 0 Å². The van der Waals surface area contributed by atoms with Gasteiger partial charge in [-0.2, -0.15) is 4.39 Å². The van der Waals surface area contributed by atoms with Gasteiger partial charge in [-0.15, -0.1) is 0 Å². The lowest BCUT2D eigenvalue weighted by Gasteiger charge is -2.22. The van der Waals surface area contributed by atoms with Crippen LogP contribution in [0.25, 0.3) is 0 Å². The van der Waals surface area contributed by atoms with Gasteiger partial charge in [-0.3, -0.25) is 4.79 Å². The molecular formula is C10H11FN2O. The van der Waals surface area contributed by atoms with Crippen molar-refractivity contribution in [3.8, 4) is 0 Å². The summed E-state index contributed by atoms with van der Waals surface area (Å²) in [6.45, 7) is 0.515. The Kier molecular flexibility index (Phi) is 2.43. The van der Waals surface area contributed by atoms with E-state index in [4.69, 9.17) is 0 Å². The second-order valence-electron chi connectivity index (χ2n) is 3.42. The lowest BCUT2D eigenvalue weighted by Crippen LogP contribution is -2.34. The first-order chi connectivity index (χ1) is 6.77. The quantitative estimate of drug-likeness (QED) is 0.683. The van der Waals surface area contributed by atoms with E-state index in [1.54, 1.807) is 12.1 Å². The number of rotatable bonds is 1. The van der Waals surface area contributed by atoms with E-state index >= 15 is 0 Å². The smallest absolute Gasteiger partial charge is 0.220 e. The molecule has 0 spiro atoms. The summed E-state index contributed by atoms with van der Waals surface area (Å²) in [6.07, 6.45) is 2.60. The number of amides is 1. The van der Waals surface area contributed by atoms with Gasteiger partial charge >= 0.3 is 0 Å². The minimum absolute atomic E-state index is 0.0468. The predicted octanol–water partition coefficient (Wildman–Crippen LogP) is 1.21. The number of nitrogens with zero attached hydrogens (tertiary/aromatic N) is 1. The van der Waals surface area contributed by atoms with Gasteiger partial charge in [0.25, 0.3) is 0 Å². The number of hydrogen-bond acceptors (Lipinski definition) is 2. The lowest BCUT2D eigenvalue weighted by atomic mass is 9.92. The van der Waals surface area contributed by atoms with Crippen LogP contribution in [0.2, 0.25) is 0 Å². The molecule has 1 aliphatic heterocycles. The number of aromatic nitrogens is 1. The van der Waals surface area contributed by atoms with Crippen molar-refractivity contribution in [1.29, 1.82) is 0 Å². The van der Waals surface area contributed by atoms with Gasteiger partial charge in [-0.05, 0) is 12.5 Å². The summed E-state index contributed by atoms with van der Waals surface area (Å²) in [7, 11) is 0. The molecule has 1 aromatic rings. The van der Waals surface area contributed by atoms with Crippen LogP contribution in [0.15, 0.2) is 18.3 Å². The van der Waals surface area contributed by atoms with Crippen LogP contribution in [-0.4, -0.2) is 17.4 Å². The van der Waals surface area contributed by atoms with Crippen LogP contribution in [0.1, 0.15) is 24.3 Å². The van der Waals surface area contributed by atoms with E-state index in [1.807, 2.05) is 0 Å². The lowest BCUT2D eigenvalue weighted by molar-refractivity contribution is -0.122. The molecule has 1 fully saturated rings. The first-order valence-electron chi connectivity index (χ1n) is 4.64. The second-order valence-corrected chi connectivity index (χ2v) is 3.42. The van der Waals surface area contributed by atoms with Crippen LogP contribution in [0, 0.1) is 5.95 Å². The maximum atomic E-state index is 13.2. The summed E-state index contributed by atoms with van der Waals surface area (Å²) in [4.78, 5) is 14.5. The van der Waals surface area contributed by atoms with Gasteiger partial charge in [-0.25, -0.2) is 4.98 Å². The van der Waals surface area contributed by atoms with Crippen LogP contribution in [-0.2, 0) is 4.79 Å². The SMILES string of the molecule is O=C1CCC(c2cccnc2F)CN1. The van der Waals surface area contributed by atoms with Crippen LogP contribution in [0.4, 0.5) is 4.39 Å². The van der Waals surface area contributed by atoms with Crippen molar-refractivity contribution in [3.63, 3.8) is 0 Å². The highest BCUT2D eigenvalue weighted by Gasteiger charge is 2.22. The van der Waals surface area contributed by atoms with E-state index in [9.17, 15) is 9.18 Å². The Labute approximate surface area is 81.3 Å². The van der Waals surface area contributed by atoms with Crippen LogP contribution >= 0.6 is 0 Å². The van der Waals surface area contributed by atoms with Crippen molar-refractivity contribution in [2.45, 2.75) is 18.8 Å². The molecule has 1 aliphatic rings. The molecule has 1 atom stereocenters. The molecule has 1 unspecified atom stereocenters. The summed E-state index contributed by atoms with van der Waals surface area (Å²) < 4.78 is 13.2. The third-order valence-electron chi connectivity index (χ3n) is 2.49. The molecule has 3 nitrogen and oxygen atoms in total. The normalized spacial score (nSPS) is 21.8. The number of pyridine rings is 1. The Hall–Kier alpha value is -1.45. The van der Waals surface area contributed by atoms with Crippen molar-refractivity contribution in [3.05, 3.63) is 29.8 Å². The van der Waals surface area contributed by atoms with E-state index in [0.29, 0.717) is 24.9 Å². The minimum atomic E-state index is -0.423. The number of piperidine rings is 1. The van der Waals surface area contributed by atoms with Crippen molar-refractivity contribution >= 4 is 5.91 Å². The Morgan fingerprint density at radius 2 is 2.43 bits per heavy atom. The molecule has 74 valence electrons. The Bertz CT molecular complexity index is 344. The first-order valence-corrected chi connectivity index (χ1v) is 4.64. The van der Waals surface area contributed by atoms with Crippen molar-refractivity contribution in [1.82, 2.24) is 10.3 Å². The number of halogens is 1. The molecule has 0 saturated carbocycles. The van der Waals surface area contributed by atoms with Crippen LogP contribution < -0.4 is 5.32 Å². The first kappa shape index (κ1) is 9.12. The zero-order valence-electron chi connectivity index (χ0n) is 7.66. The maximum Gasteiger partial charge on any atom is 0.220 e. The third-order valence-corrected chi connectivity index (χ3v) is 2.49. The molecule has 0 aliphatic carbocycles. The van der Waals surface area contributed by atoms with Crippen LogP contribution in [0.3, 0.4) is 0 Å². The van der Waals surface area contributed by atoms with Gasteiger partial charge in [0.15, 0.2) is 0 Å². The fourth-order valence-electron chi connectivity index (χ4n) is 1.70. The molecule has 1 aromatic heterocycles. The zero-order valence-corrected chi connectivity index (χ0v) is 7.66. The number of nitrogens with one attached hydrogen (secondary N) is 1. The van der Waals surface area contributed by atoms with Gasteiger partial charge in [-0.1, -0.05) is 6.07 Å². The Morgan fingerprint density at radius 1 is 1.57 bits per heavy atom. The maximum absolute atomic E-state index is 13.2. The molecule has 0 bridgehead atoms. The molecule has 14 heavy (non-hydrogen) atoms. The summed E-state index contributed by atoms with van der Waals surface area (Å²) in [6, 6.07) is 3.44. The topological polar surface area (TPSA) is 42.0 Å². The zero-order chi connectivity index (χ0) is 9.97. The predicted molar refractivity (Wildman–Crippen MR) is 49.2 cm³/mol. The highest BCUT2D eigenvalue weighted by molar-refractivity contribution is 5.76. The van der Waals surface area contributed by atoms with E-state index in [2.05, 4.69) is 10.3 Å². The Balaban J connectivity index is 2.16. The molecule has 1 saturated heterocycles. The third kappa shape index (κ3) is 1.73. The summed E-state index contributed by atoms with van der Waals surface area (Å²) in [5.74, 6) is -0.305. The highest BCUT2D eigenvalue weighted by atomic mass is 19.1. The van der Waals surface area contributed by atoms with Crippen molar-refractivity contribution < 1.29 is 9.18 Å². The molecular weight excluding hydrogens is 183 g/mol. The summed E-state index contributed by atoms with van der Waals surface area (Å²) in [5.41, 5.74) is 0.604. The largest absolute Gasteiger partial charge is 0.355 e. The monoisotopic (exact) mass is 194 g/mol. The summed E-state index contributed by atoms with van der Waals surface area (Å²) >= 11 is 0. The molecule has 0 aromatic carbocycles. The van der Waals surface area contributed by atoms with Crippen LogP contribution in [0.5, 0.6) is 0 Å². The van der Waals surface area contributed by atoms with Gasteiger partial charge < -0.3 is 5.32 Å². The molecule has 2 heterocycles. The molecule has 1 amide bonds. The summed E-state index contributed by atoms with van der Waals surface area (Å²) in [5, 5.41) is 2.72. The average molecular weight is 194 g/mol. The van der Waals surface area contributed by atoms with E-state index < -0.39 is 5.95 Å². The van der Waals surface area contributed by atoms with Gasteiger partial charge in [0.2, 0.25) is 11.9 Å². The highest BCUT2D eigenvalue weighted by Crippen LogP contribution is 2.24. The Morgan fingerprint density at radius 3 is 3.07 bits per heavy atom. The number of hydrogen-bond donors (Lipinski definition) is 1. The van der Waals surface area contributed by atoms with Gasteiger partial charge in [0, 0.05) is 30.6 Å². The number of carbonyl (C=O) groups is 1. The minimum Gasteiger partial charge on any atom is -0.355 e. The van der Waals surface area contributed by atoms with E-state index in [1.165, 1.54) is 6.20 Å². The molecule has 4 heteroatoms.